The molecule has 3 rings (SSSR count). The Kier molecular flexibility index (Phi) is 3.38. The topological polar surface area (TPSA) is 38.0 Å². The zero-order valence-corrected chi connectivity index (χ0v) is 11.3. The lowest BCUT2D eigenvalue weighted by atomic mass is 10.00. The number of aryl methyl sites for hydroxylation is 1. The number of aromatic nitrogens is 2. The number of benzene rings is 1. The molecule has 2 aromatic rings. The van der Waals surface area contributed by atoms with Crippen molar-refractivity contribution in [1.29, 1.82) is 0 Å². The van der Waals surface area contributed by atoms with Crippen molar-refractivity contribution in [3.63, 3.8) is 0 Å². The van der Waals surface area contributed by atoms with Crippen LogP contribution in [0.25, 0.3) is 5.69 Å². The SMILES string of the molecule is CC[C@@H](O)c1ccccc1-n1cnc2c1CCCC2. The van der Waals surface area contributed by atoms with Gasteiger partial charge in [-0.15, -0.1) is 0 Å². The van der Waals surface area contributed by atoms with Crippen LogP contribution in [0.5, 0.6) is 0 Å². The summed E-state index contributed by atoms with van der Waals surface area (Å²) in [6.45, 7) is 2.00. The van der Waals surface area contributed by atoms with E-state index in [2.05, 4.69) is 15.6 Å². The molecular weight excluding hydrogens is 236 g/mol. The molecule has 0 unspecified atom stereocenters. The van der Waals surface area contributed by atoms with Crippen molar-refractivity contribution in [3.8, 4) is 5.69 Å². The molecule has 1 aliphatic rings. The van der Waals surface area contributed by atoms with E-state index >= 15 is 0 Å². The standard InChI is InChI=1S/C16H20N2O/c1-2-16(19)12-7-3-5-9-14(12)18-11-17-13-8-4-6-10-15(13)18/h3,5,7,9,11,16,19H,2,4,6,8,10H2,1H3/t16-/m1/s1. The lowest BCUT2D eigenvalue weighted by Gasteiger charge is -2.18. The van der Waals surface area contributed by atoms with Crippen molar-refractivity contribution in [3.05, 3.63) is 47.5 Å². The van der Waals surface area contributed by atoms with E-state index in [0.29, 0.717) is 0 Å². The summed E-state index contributed by atoms with van der Waals surface area (Å²) in [5.74, 6) is 0. The summed E-state index contributed by atoms with van der Waals surface area (Å²) in [6, 6.07) is 8.10. The highest BCUT2D eigenvalue weighted by atomic mass is 16.3. The third kappa shape index (κ3) is 2.19. The van der Waals surface area contributed by atoms with Gasteiger partial charge in [0.2, 0.25) is 0 Å². The summed E-state index contributed by atoms with van der Waals surface area (Å²) in [4.78, 5) is 4.54. The number of rotatable bonds is 3. The van der Waals surface area contributed by atoms with Crippen molar-refractivity contribution < 1.29 is 5.11 Å². The fourth-order valence-electron chi connectivity index (χ4n) is 2.89. The van der Waals surface area contributed by atoms with Gasteiger partial charge in [0, 0.05) is 11.3 Å². The predicted octanol–water partition coefficient (Wildman–Crippen LogP) is 3.19. The van der Waals surface area contributed by atoms with Gasteiger partial charge in [0.05, 0.1) is 23.8 Å². The molecule has 3 nitrogen and oxygen atoms in total. The number of hydrogen-bond acceptors (Lipinski definition) is 2. The number of nitrogens with zero attached hydrogens (tertiary/aromatic N) is 2. The zero-order valence-electron chi connectivity index (χ0n) is 11.3. The van der Waals surface area contributed by atoms with Gasteiger partial charge < -0.3 is 9.67 Å². The molecule has 0 saturated carbocycles. The molecule has 1 aliphatic carbocycles. The average molecular weight is 256 g/mol. The smallest absolute Gasteiger partial charge is 0.0997 e. The normalized spacial score (nSPS) is 16.1. The van der Waals surface area contributed by atoms with Crippen LogP contribution in [0.3, 0.4) is 0 Å². The molecule has 100 valence electrons. The Morgan fingerprint density at radius 2 is 2.05 bits per heavy atom. The maximum atomic E-state index is 10.2. The minimum atomic E-state index is -0.405. The summed E-state index contributed by atoms with van der Waals surface area (Å²) in [5.41, 5.74) is 4.62. The van der Waals surface area contributed by atoms with Gasteiger partial charge in [0.15, 0.2) is 0 Å². The van der Waals surface area contributed by atoms with Gasteiger partial charge in [-0.25, -0.2) is 4.98 Å². The molecule has 0 saturated heterocycles. The fourth-order valence-corrected chi connectivity index (χ4v) is 2.89. The summed E-state index contributed by atoms with van der Waals surface area (Å²) in [6.07, 6.45) is 6.89. The molecule has 3 heteroatoms. The first kappa shape index (κ1) is 12.4. The number of para-hydroxylation sites is 1. The Balaban J connectivity index is 2.09. The third-order valence-electron chi connectivity index (χ3n) is 3.97. The van der Waals surface area contributed by atoms with Crippen LogP contribution in [0.2, 0.25) is 0 Å². The molecule has 1 N–H and O–H groups in total. The summed E-state index contributed by atoms with van der Waals surface area (Å²) in [7, 11) is 0. The fraction of sp³-hybridized carbons (Fsp3) is 0.438. The van der Waals surface area contributed by atoms with E-state index in [4.69, 9.17) is 0 Å². The van der Waals surface area contributed by atoms with Gasteiger partial charge in [-0.3, -0.25) is 0 Å². The number of hydrogen-bond donors (Lipinski definition) is 1. The van der Waals surface area contributed by atoms with E-state index < -0.39 is 6.10 Å². The summed E-state index contributed by atoms with van der Waals surface area (Å²) in [5, 5.41) is 10.2. The Bertz CT molecular complexity index is 574. The minimum Gasteiger partial charge on any atom is -0.388 e. The quantitative estimate of drug-likeness (QED) is 0.915. The molecule has 1 aromatic carbocycles. The molecular formula is C16H20N2O. The van der Waals surface area contributed by atoms with Crippen molar-refractivity contribution in [2.75, 3.05) is 0 Å². The van der Waals surface area contributed by atoms with Gasteiger partial charge in [0.1, 0.15) is 0 Å². The van der Waals surface area contributed by atoms with E-state index in [1.54, 1.807) is 0 Å². The Morgan fingerprint density at radius 1 is 1.26 bits per heavy atom. The molecule has 0 radical (unpaired) electrons. The molecule has 1 heterocycles. The number of aliphatic hydroxyl groups is 1. The zero-order chi connectivity index (χ0) is 13.2. The van der Waals surface area contributed by atoms with Crippen LogP contribution >= 0.6 is 0 Å². The van der Waals surface area contributed by atoms with Crippen molar-refractivity contribution >= 4 is 0 Å². The lowest BCUT2D eigenvalue weighted by molar-refractivity contribution is 0.173. The van der Waals surface area contributed by atoms with E-state index in [1.807, 2.05) is 31.5 Å². The number of fused-ring (bicyclic) bond motifs is 1. The Hall–Kier alpha value is -1.61. The van der Waals surface area contributed by atoms with Crippen molar-refractivity contribution in [2.45, 2.75) is 45.1 Å². The maximum Gasteiger partial charge on any atom is 0.0997 e. The number of imidazole rings is 1. The van der Waals surface area contributed by atoms with Crippen LogP contribution in [-0.2, 0) is 12.8 Å². The largest absolute Gasteiger partial charge is 0.388 e. The summed E-state index contributed by atoms with van der Waals surface area (Å²) >= 11 is 0. The summed E-state index contributed by atoms with van der Waals surface area (Å²) < 4.78 is 2.17. The van der Waals surface area contributed by atoms with Crippen LogP contribution in [0, 0.1) is 0 Å². The van der Waals surface area contributed by atoms with E-state index in [-0.39, 0.29) is 0 Å². The first-order valence-electron chi connectivity index (χ1n) is 7.13. The van der Waals surface area contributed by atoms with Crippen LogP contribution < -0.4 is 0 Å². The molecule has 0 spiro atoms. The third-order valence-corrected chi connectivity index (χ3v) is 3.97. The maximum absolute atomic E-state index is 10.2. The minimum absolute atomic E-state index is 0.405. The molecule has 0 amide bonds. The van der Waals surface area contributed by atoms with E-state index in [1.165, 1.54) is 24.2 Å². The number of aliphatic hydroxyl groups excluding tert-OH is 1. The first-order valence-corrected chi connectivity index (χ1v) is 7.13. The second-order valence-electron chi connectivity index (χ2n) is 5.20. The average Bonchev–Trinajstić information content (AvgIpc) is 2.90. The van der Waals surface area contributed by atoms with E-state index in [9.17, 15) is 5.11 Å². The van der Waals surface area contributed by atoms with Crippen LogP contribution in [-0.4, -0.2) is 14.7 Å². The van der Waals surface area contributed by atoms with E-state index in [0.717, 1.165) is 30.5 Å². The molecule has 1 aromatic heterocycles. The van der Waals surface area contributed by atoms with Gasteiger partial charge in [-0.05, 0) is 38.2 Å². The monoisotopic (exact) mass is 256 g/mol. The van der Waals surface area contributed by atoms with Gasteiger partial charge >= 0.3 is 0 Å². The highest BCUT2D eigenvalue weighted by Gasteiger charge is 2.19. The van der Waals surface area contributed by atoms with Crippen LogP contribution in [0.1, 0.15) is 49.2 Å². The predicted molar refractivity (Wildman–Crippen MR) is 75.5 cm³/mol. The van der Waals surface area contributed by atoms with Crippen molar-refractivity contribution in [2.24, 2.45) is 0 Å². The molecule has 19 heavy (non-hydrogen) atoms. The second-order valence-corrected chi connectivity index (χ2v) is 5.20. The molecule has 0 fully saturated rings. The molecule has 0 aliphatic heterocycles. The first-order chi connectivity index (χ1) is 9.31. The second kappa shape index (κ2) is 5.17. The van der Waals surface area contributed by atoms with Gasteiger partial charge in [0.25, 0.3) is 0 Å². The van der Waals surface area contributed by atoms with Crippen LogP contribution in [0.4, 0.5) is 0 Å². The van der Waals surface area contributed by atoms with Gasteiger partial charge in [-0.1, -0.05) is 25.1 Å². The Morgan fingerprint density at radius 3 is 2.89 bits per heavy atom. The Labute approximate surface area is 113 Å². The van der Waals surface area contributed by atoms with Crippen LogP contribution in [0.15, 0.2) is 30.6 Å². The van der Waals surface area contributed by atoms with Crippen molar-refractivity contribution in [1.82, 2.24) is 9.55 Å². The highest BCUT2D eigenvalue weighted by Crippen LogP contribution is 2.28. The molecule has 1 atom stereocenters. The highest BCUT2D eigenvalue weighted by molar-refractivity contribution is 5.44. The molecule has 0 bridgehead atoms. The van der Waals surface area contributed by atoms with Gasteiger partial charge in [-0.2, -0.15) is 0 Å². The lowest BCUT2D eigenvalue weighted by Crippen LogP contribution is -2.09.